The predicted molar refractivity (Wildman–Crippen MR) is 105 cm³/mol. The van der Waals surface area contributed by atoms with E-state index in [1.807, 2.05) is 0 Å². The molecule has 1 heterocycles. The van der Waals surface area contributed by atoms with E-state index in [9.17, 15) is 0 Å². The Morgan fingerprint density at radius 3 is 2.77 bits per heavy atom. The van der Waals surface area contributed by atoms with Crippen LogP contribution in [0.25, 0.3) is 11.0 Å². The Balaban J connectivity index is 1.81. The summed E-state index contributed by atoms with van der Waals surface area (Å²) in [6, 6.07) is 4.22. The Hall–Kier alpha value is -1.59. The van der Waals surface area contributed by atoms with Crippen molar-refractivity contribution in [1.29, 1.82) is 0 Å². The van der Waals surface area contributed by atoms with Gasteiger partial charge in [0.05, 0.1) is 17.9 Å². The number of ether oxygens (including phenoxy) is 1. The molecule has 0 aliphatic heterocycles. The van der Waals surface area contributed by atoms with Crippen molar-refractivity contribution in [2.24, 2.45) is 17.6 Å². The van der Waals surface area contributed by atoms with Crippen molar-refractivity contribution >= 4 is 11.0 Å². The molecule has 5 nitrogen and oxygen atoms in total. The van der Waals surface area contributed by atoms with E-state index in [0.717, 1.165) is 79.3 Å². The third-order valence-electron chi connectivity index (χ3n) is 5.36. The van der Waals surface area contributed by atoms with Gasteiger partial charge < -0.3 is 19.9 Å². The minimum Gasteiger partial charge on any atom is -0.493 e. The average molecular weight is 360 g/mol. The molecule has 1 fully saturated rings. The van der Waals surface area contributed by atoms with Crippen LogP contribution in [0, 0.1) is 11.8 Å². The maximum Gasteiger partial charge on any atom is 0.175 e. The molecule has 3 rings (SSSR count). The Labute approximate surface area is 156 Å². The largest absolute Gasteiger partial charge is 0.493 e. The van der Waals surface area contributed by atoms with Crippen molar-refractivity contribution < 1.29 is 9.26 Å². The fourth-order valence-corrected chi connectivity index (χ4v) is 3.49. The van der Waals surface area contributed by atoms with Crippen LogP contribution in [0.5, 0.6) is 5.75 Å². The minimum atomic E-state index is 0.661. The summed E-state index contributed by atoms with van der Waals surface area (Å²) in [5.41, 5.74) is 8.78. The highest BCUT2D eigenvalue weighted by molar-refractivity contribution is 5.84. The van der Waals surface area contributed by atoms with E-state index in [0.29, 0.717) is 5.92 Å². The second-order valence-electron chi connectivity index (χ2n) is 7.93. The van der Waals surface area contributed by atoms with Gasteiger partial charge in [0.2, 0.25) is 0 Å². The maximum absolute atomic E-state index is 6.10. The molecule has 1 unspecified atom stereocenters. The summed E-state index contributed by atoms with van der Waals surface area (Å²) < 4.78 is 11.9. The minimum absolute atomic E-state index is 0.661. The number of hydrogen-bond acceptors (Lipinski definition) is 5. The smallest absolute Gasteiger partial charge is 0.175 e. The fraction of sp³-hybridized carbons (Fsp3) is 0.667. The molecule has 0 amide bonds. The van der Waals surface area contributed by atoms with E-state index >= 15 is 0 Å². The van der Waals surface area contributed by atoms with Gasteiger partial charge in [-0.05, 0) is 76.7 Å². The molecule has 0 spiro atoms. The third kappa shape index (κ3) is 4.77. The van der Waals surface area contributed by atoms with Crippen molar-refractivity contribution in [1.82, 2.24) is 10.1 Å². The summed E-state index contributed by atoms with van der Waals surface area (Å²) in [5.74, 6) is 2.33. The zero-order valence-corrected chi connectivity index (χ0v) is 16.5. The molecule has 0 radical (unpaired) electrons. The monoisotopic (exact) mass is 359 g/mol. The molecule has 0 bridgehead atoms. The summed E-state index contributed by atoms with van der Waals surface area (Å²) in [6.45, 7) is 4.59. The van der Waals surface area contributed by atoms with Gasteiger partial charge in [0, 0.05) is 11.9 Å². The molecular weight excluding hydrogens is 326 g/mol. The molecule has 1 aliphatic carbocycles. The molecule has 0 saturated heterocycles. The Kier molecular flexibility index (Phi) is 6.54. The molecule has 1 aromatic carbocycles. The lowest BCUT2D eigenvalue weighted by atomic mass is 9.95. The zero-order chi connectivity index (χ0) is 18.5. The first-order valence-electron chi connectivity index (χ1n) is 10.00. The lowest BCUT2D eigenvalue weighted by molar-refractivity contribution is 0.289. The normalized spacial score (nSPS) is 15.7. The van der Waals surface area contributed by atoms with Crippen LogP contribution in [0.15, 0.2) is 16.7 Å². The molecule has 2 N–H and O–H groups in total. The van der Waals surface area contributed by atoms with Crippen molar-refractivity contribution in [3.63, 3.8) is 0 Å². The van der Waals surface area contributed by atoms with Crippen molar-refractivity contribution in [3.05, 3.63) is 23.4 Å². The molecular formula is C21H33N3O2. The van der Waals surface area contributed by atoms with Crippen LogP contribution in [0.2, 0.25) is 0 Å². The van der Waals surface area contributed by atoms with Crippen molar-refractivity contribution in [2.45, 2.75) is 52.0 Å². The van der Waals surface area contributed by atoms with Crippen LogP contribution in [0.4, 0.5) is 0 Å². The molecule has 1 saturated carbocycles. The van der Waals surface area contributed by atoms with Gasteiger partial charge in [-0.25, -0.2) is 0 Å². The second kappa shape index (κ2) is 8.87. The zero-order valence-electron chi connectivity index (χ0n) is 16.5. The van der Waals surface area contributed by atoms with Crippen molar-refractivity contribution in [3.8, 4) is 5.75 Å². The number of benzene rings is 1. The number of aryl methyl sites for hydroxylation is 1. The second-order valence-corrected chi connectivity index (χ2v) is 7.93. The van der Waals surface area contributed by atoms with Gasteiger partial charge in [-0.15, -0.1) is 0 Å². The van der Waals surface area contributed by atoms with Gasteiger partial charge in [-0.3, -0.25) is 0 Å². The first-order valence-corrected chi connectivity index (χ1v) is 10.00. The Morgan fingerprint density at radius 2 is 2.12 bits per heavy atom. The number of aromatic nitrogens is 1. The molecule has 1 atom stereocenters. The van der Waals surface area contributed by atoms with Gasteiger partial charge in [-0.2, -0.15) is 0 Å². The van der Waals surface area contributed by atoms with Crippen LogP contribution >= 0.6 is 0 Å². The first kappa shape index (κ1) is 19.2. The highest BCUT2D eigenvalue weighted by Crippen LogP contribution is 2.34. The average Bonchev–Trinajstić information content (AvgIpc) is 3.36. The lowest BCUT2D eigenvalue weighted by Gasteiger charge is -2.15. The van der Waals surface area contributed by atoms with E-state index < -0.39 is 0 Å². The third-order valence-corrected chi connectivity index (χ3v) is 5.36. The van der Waals surface area contributed by atoms with E-state index in [4.69, 9.17) is 15.0 Å². The van der Waals surface area contributed by atoms with E-state index in [2.05, 4.69) is 43.2 Å². The van der Waals surface area contributed by atoms with Gasteiger partial charge >= 0.3 is 0 Å². The van der Waals surface area contributed by atoms with Gasteiger partial charge in [-0.1, -0.05) is 18.5 Å². The number of nitrogens with two attached hydrogens (primary N) is 1. The van der Waals surface area contributed by atoms with Gasteiger partial charge in [0.25, 0.3) is 0 Å². The summed E-state index contributed by atoms with van der Waals surface area (Å²) in [5, 5.41) is 5.53. The van der Waals surface area contributed by atoms with Crippen LogP contribution in [-0.2, 0) is 13.0 Å². The highest BCUT2D eigenvalue weighted by atomic mass is 16.5. The lowest BCUT2D eigenvalue weighted by Crippen LogP contribution is -2.13. The van der Waals surface area contributed by atoms with Crippen LogP contribution in [0.3, 0.4) is 0 Å². The van der Waals surface area contributed by atoms with Crippen LogP contribution in [-0.4, -0.2) is 37.3 Å². The number of nitrogens with zero attached hydrogens (tertiary/aromatic N) is 2. The molecule has 26 heavy (non-hydrogen) atoms. The Bertz CT molecular complexity index is 707. The van der Waals surface area contributed by atoms with E-state index in [1.165, 1.54) is 12.8 Å². The highest BCUT2D eigenvalue weighted by Gasteiger charge is 2.24. The standard InChI is InChI=1S/C21H33N3O2/c1-4-15(11-12-22)7-9-19-17-8-10-20(25-14-16-5-6-16)18(13-24(2)3)21(17)26-23-19/h8,10,15-16H,4-7,9,11-14,22H2,1-3H3. The van der Waals surface area contributed by atoms with E-state index in [1.54, 1.807) is 0 Å². The van der Waals surface area contributed by atoms with Gasteiger partial charge in [0.1, 0.15) is 5.75 Å². The molecule has 2 aromatic rings. The summed E-state index contributed by atoms with van der Waals surface area (Å²) in [6.07, 6.45) is 6.88. The maximum atomic E-state index is 6.10. The topological polar surface area (TPSA) is 64.5 Å². The number of hydrogen-bond donors (Lipinski definition) is 1. The summed E-state index contributed by atoms with van der Waals surface area (Å²) in [7, 11) is 4.14. The quantitative estimate of drug-likeness (QED) is 0.657. The van der Waals surface area contributed by atoms with Crippen molar-refractivity contribution in [2.75, 3.05) is 27.2 Å². The Morgan fingerprint density at radius 1 is 1.31 bits per heavy atom. The van der Waals surface area contributed by atoms with Gasteiger partial charge in [0.15, 0.2) is 5.58 Å². The molecule has 144 valence electrons. The molecule has 1 aliphatic rings. The SMILES string of the molecule is CCC(CCN)CCc1noc2c(CN(C)C)c(OCC3CC3)ccc12. The van der Waals surface area contributed by atoms with Crippen LogP contribution < -0.4 is 10.5 Å². The predicted octanol–water partition coefficient (Wildman–Crippen LogP) is 3.99. The fourth-order valence-electron chi connectivity index (χ4n) is 3.49. The molecule has 1 aromatic heterocycles. The first-order chi connectivity index (χ1) is 12.6. The number of fused-ring (bicyclic) bond motifs is 1. The number of rotatable bonds is 11. The molecule has 5 heteroatoms. The summed E-state index contributed by atoms with van der Waals surface area (Å²) >= 11 is 0. The van der Waals surface area contributed by atoms with Crippen LogP contribution in [0.1, 0.15) is 50.3 Å². The summed E-state index contributed by atoms with van der Waals surface area (Å²) in [4.78, 5) is 2.15. The van der Waals surface area contributed by atoms with E-state index in [-0.39, 0.29) is 0 Å².